The lowest BCUT2D eigenvalue weighted by Crippen LogP contribution is -2.28. The largest absolute Gasteiger partial charge is 0.481 e. The van der Waals surface area contributed by atoms with Crippen molar-refractivity contribution in [3.8, 4) is 0 Å². The van der Waals surface area contributed by atoms with Crippen LogP contribution in [0.3, 0.4) is 0 Å². The van der Waals surface area contributed by atoms with Crippen LogP contribution in [0, 0.1) is 5.92 Å². The van der Waals surface area contributed by atoms with Gasteiger partial charge < -0.3 is 9.84 Å². The Kier molecular flexibility index (Phi) is 10.0. The minimum Gasteiger partial charge on any atom is -0.481 e. The number of carbonyl (C=O) groups is 2. The number of carboxylic acid groups (broad SMARTS) is 1. The number of carbonyl (C=O) groups excluding carboxylic acids is 1. The Labute approximate surface area is 136 Å². The summed E-state index contributed by atoms with van der Waals surface area (Å²) in [6.07, 6.45) is -11.5. The SMILES string of the molecule is CC(C)(C)OC(=O)CC(CCC(F)(F)F)C(=O)O.CCC(F)(F)F. The fourth-order valence-electron chi connectivity index (χ4n) is 1.24. The molecule has 1 unspecified atom stereocenters. The molecule has 0 aliphatic carbocycles. The fourth-order valence-corrected chi connectivity index (χ4v) is 1.24. The van der Waals surface area contributed by atoms with Crippen LogP contribution in [-0.4, -0.2) is 35.0 Å². The van der Waals surface area contributed by atoms with Crippen LogP contribution in [0.4, 0.5) is 26.3 Å². The number of halogens is 6. The van der Waals surface area contributed by atoms with Crippen molar-refractivity contribution in [3.63, 3.8) is 0 Å². The quantitative estimate of drug-likeness (QED) is 0.563. The Morgan fingerprint density at radius 3 is 1.67 bits per heavy atom. The minimum atomic E-state index is -4.43. The smallest absolute Gasteiger partial charge is 0.389 e. The molecule has 0 spiro atoms. The van der Waals surface area contributed by atoms with Crippen LogP contribution in [0.2, 0.25) is 0 Å². The number of ether oxygens (including phenoxy) is 1. The van der Waals surface area contributed by atoms with Gasteiger partial charge in [-0.2, -0.15) is 26.3 Å². The zero-order valence-corrected chi connectivity index (χ0v) is 13.8. The van der Waals surface area contributed by atoms with Crippen LogP contribution < -0.4 is 0 Å². The molecule has 0 saturated carbocycles. The highest BCUT2D eigenvalue weighted by atomic mass is 19.4. The molecule has 1 N–H and O–H groups in total. The Morgan fingerprint density at radius 2 is 1.42 bits per heavy atom. The first-order valence-electron chi connectivity index (χ1n) is 7.05. The lowest BCUT2D eigenvalue weighted by molar-refractivity contribution is -0.162. The second kappa shape index (κ2) is 9.73. The molecule has 0 bridgehead atoms. The zero-order valence-electron chi connectivity index (χ0n) is 13.8. The molecule has 0 aromatic carbocycles. The third-order valence-electron chi connectivity index (χ3n) is 2.36. The molecule has 0 aliphatic rings. The van der Waals surface area contributed by atoms with Crippen molar-refractivity contribution in [1.29, 1.82) is 0 Å². The lowest BCUT2D eigenvalue weighted by atomic mass is 9.99. The predicted molar refractivity (Wildman–Crippen MR) is 73.2 cm³/mol. The van der Waals surface area contributed by atoms with E-state index in [1.807, 2.05) is 0 Å². The van der Waals surface area contributed by atoms with Gasteiger partial charge in [-0.25, -0.2) is 0 Å². The number of hydrogen-bond donors (Lipinski definition) is 1. The van der Waals surface area contributed by atoms with E-state index in [9.17, 15) is 35.9 Å². The molecule has 0 fully saturated rings. The molecule has 0 radical (unpaired) electrons. The van der Waals surface area contributed by atoms with Gasteiger partial charge in [0.2, 0.25) is 0 Å². The van der Waals surface area contributed by atoms with E-state index in [1.54, 1.807) is 20.8 Å². The molecule has 10 heteroatoms. The molecule has 0 aromatic heterocycles. The van der Waals surface area contributed by atoms with Crippen LogP contribution in [0.1, 0.15) is 53.4 Å². The molecule has 1 atom stereocenters. The first-order chi connectivity index (χ1) is 10.5. The third kappa shape index (κ3) is 18.6. The second-order valence-electron chi connectivity index (χ2n) is 5.95. The summed E-state index contributed by atoms with van der Waals surface area (Å²) < 4.78 is 73.2. The summed E-state index contributed by atoms with van der Waals surface area (Å²) in [5.74, 6) is -3.61. The zero-order chi connectivity index (χ0) is 19.8. The second-order valence-corrected chi connectivity index (χ2v) is 5.95. The van der Waals surface area contributed by atoms with E-state index in [2.05, 4.69) is 0 Å². The van der Waals surface area contributed by atoms with E-state index >= 15 is 0 Å². The Balaban J connectivity index is 0. The number of esters is 1. The number of rotatable bonds is 5. The molecule has 0 aliphatic heterocycles. The summed E-state index contributed by atoms with van der Waals surface area (Å²) in [6.45, 7) is 5.86. The molecular formula is C14H22F6O4. The van der Waals surface area contributed by atoms with Crippen molar-refractivity contribution in [3.05, 3.63) is 0 Å². The van der Waals surface area contributed by atoms with Gasteiger partial charge in [-0.05, 0) is 27.2 Å². The average Bonchev–Trinajstić information content (AvgIpc) is 2.30. The molecule has 4 nitrogen and oxygen atoms in total. The summed E-state index contributed by atoms with van der Waals surface area (Å²) in [5.41, 5.74) is -0.788. The molecule has 0 amide bonds. The van der Waals surface area contributed by atoms with Gasteiger partial charge >= 0.3 is 24.3 Å². The van der Waals surface area contributed by atoms with Crippen LogP contribution in [0.5, 0.6) is 0 Å². The molecule has 0 saturated heterocycles. The van der Waals surface area contributed by atoms with E-state index < -0.39 is 61.5 Å². The molecule has 0 aromatic rings. The highest BCUT2D eigenvalue weighted by Gasteiger charge is 2.32. The van der Waals surface area contributed by atoms with Gasteiger partial charge in [-0.15, -0.1) is 0 Å². The number of aliphatic carboxylic acids is 1. The molecule has 0 heterocycles. The first kappa shape index (κ1) is 24.8. The summed E-state index contributed by atoms with van der Waals surface area (Å²) in [5, 5.41) is 8.74. The molecule has 144 valence electrons. The predicted octanol–water partition coefficient (Wildman–Crippen LogP) is 4.72. The van der Waals surface area contributed by atoms with Gasteiger partial charge in [-0.3, -0.25) is 9.59 Å². The fraction of sp³-hybridized carbons (Fsp3) is 0.857. The van der Waals surface area contributed by atoms with Crippen LogP contribution in [0.25, 0.3) is 0 Å². The van der Waals surface area contributed by atoms with Crippen molar-refractivity contribution in [1.82, 2.24) is 0 Å². The maximum absolute atomic E-state index is 12.0. The number of alkyl halides is 6. The number of carboxylic acids is 1. The number of hydrogen-bond acceptors (Lipinski definition) is 3. The van der Waals surface area contributed by atoms with Gasteiger partial charge in [0.05, 0.1) is 12.3 Å². The standard InChI is InChI=1S/C11H17F3O4.C3H5F3/c1-10(2,3)18-8(15)6-7(9(16)17)4-5-11(12,13)14;1-2-3(4,5)6/h7H,4-6H2,1-3H3,(H,16,17);2H2,1H3. The van der Waals surface area contributed by atoms with Crippen LogP contribution in [0.15, 0.2) is 0 Å². The maximum atomic E-state index is 12.0. The molecule has 24 heavy (non-hydrogen) atoms. The van der Waals surface area contributed by atoms with Crippen molar-refractivity contribution >= 4 is 11.9 Å². The first-order valence-corrected chi connectivity index (χ1v) is 7.05. The monoisotopic (exact) mass is 368 g/mol. The van der Waals surface area contributed by atoms with Gasteiger partial charge in [0, 0.05) is 12.8 Å². The van der Waals surface area contributed by atoms with Gasteiger partial charge in [0.15, 0.2) is 0 Å². The van der Waals surface area contributed by atoms with Gasteiger partial charge in [0.1, 0.15) is 5.60 Å². The summed E-state index contributed by atoms with van der Waals surface area (Å²) >= 11 is 0. The summed E-state index contributed by atoms with van der Waals surface area (Å²) in [6, 6.07) is 0. The Bertz CT molecular complexity index is 396. The summed E-state index contributed by atoms with van der Waals surface area (Å²) in [7, 11) is 0. The normalized spacial score (nSPS) is 13.6. The molecular weight excluding hydrogens is 346 g/mol. The topological polar surface area (TPSA) is 63.6 Å². The van der Waals surface area contributed by atoms with Crippen molar-refractivity contribution < 1.29 is 45.8 Å². The molecule has 0 rings (SSSR count). The highest BCUT2D eigenvalue weighted by molar-refractivity contribution is 5.78. The van der Waals surface area contributed by atoms with E-state index in [0.29, 0.717) is 0 Å². The van der Waals surface area contributed by atoms with E-state index in [4.69, 9.17) is 9.84 Å². The lowest BCUT2D eigenvalue weighted by Gasteiger charge is -2.21. The average molecular weight is 368 g/mol. The minimum absolute atomic E-state index is 0.553. The van der Waals surface area contributed by atoms with Crippen LogP contribution in [-0.2, 0) is 14.3 Å². The van der Waals surface area contributed by atoms with Crippen LogP contribution >= 0.6 is 0 Å². The van der Waals surface area contributed by atoms with E-state index in [0.717, 1.165) is 6.92 Å². The Morgan fingerprint density at radius 1 is 1.00 bits per heavy atom. The van der Waals surface area contributed by atoms with Crippen molar-refractivity contribution in [2.75, 3.05) is 0 Å². The summed E-state index contributed by atoms with van der Waals surface area (Å²) in [4.78, 5) is 22.1. The van der Waals surface area contributed by atoms with E-state index in [-0.39, 0.29) is 0 Å². The van der Waals surface area contributed by atoms with E-state index in [1.165, 1.54) is 0 Å². The third-order valence-corrected chi connectivity index (χ3v) is 2.36. The van der Waals surface area contributed by atoms with Gasteiger partial charge in [-0.1, -0.05) is 6.92 Å². The maximum Gasteiger partial charge on any atom is 0.389 e. The van der Waals surface area contributed by atoms with Crippen molar-refractivity contribution in [2.24, 2.45) is 5.92 Å². The van der Waals surface area contributed by atoms with Crippen molar-refractivity contribution in [2.45, 2.75) is 71.3 Å². The Hall–Kier alpha value is -1.48. The highest BCUT2D eigenvalue weighted by Crippen LogP contribution is 2.26. The van der Waals surface area contributed by atoms with Gasteiger partial charge in [0.25, 0.3) is 0 Å².